The lowest BCUT2D eigenvalue weighted by Gasteiger charge is -2.15. The maximum atomic E-state index is 13.2. The van der Waals surface area contributed by atoms with Gasteiger partial charge in [-0.25, -0.2) is 0 Å². The first kappa shape index (κ1) is 22.0. The van der Waals surface area contributed by atoms with Crippen molar-refractivity contribution in [1.29, 1.82) is 0 Å². The van der Waals surface area contributed by atoms with Gasteiger partial charge in [-0.2, -0.15) is 10.1 Å². The second-order valence-electron chi connectivity index (χ2n) is 6.93. The highest BCUT2D eigenvalue weighted by atomic mass is 16.5. The van der Waals surface area contributed by atoms with Gasteiger partial charge in [0.25, 0.3) is 5.91 Å². The minimum absolute atomic E-state index is 0.0917. The largest absolute Gasteiger partial charge is 0.497 e. The molecule has 3 rings (SSSR count). The monoisotopic (exact) mass is 423 g/mol. The Morgan fingerprint density at radius 1 is 1.06 bits per heavy atom. The number of hydrazone groups is 1. The van der Waals surface area contributed by atoms with Crippen LogP contribution in [0.5, 0.6) is 11.5 Å². The average Bonchev–Trinajstić information content (AvgIpc) is 3.13. The van der Waals surface area contributed by atoms with Crippen molar-refractivity contribution in [3.8, 4) is 11.5 Å². The minimum Gasteiger partial charge on any atom is -0.497 e. The van der Waals surface area contributed by atoms with Crippen molar-refractivity contribution >= 4 is 29.0 Å². The van der Waals surface area contributed by atoms with Gasteiger partial charge in [-0.05, 0) is 48.9 Å². The molecule has 0 saturated heterocycles. The van der Waals surface area contributed by atoms with E-state index in [1.807, 2.05) is 24.3 Å². The molecule has 2 aromatic rings. The highest BCUT2D eigenvalue weighted by Crippen LogP contribution is 2.28. The topological polar surface area (TPSA) is 89.8 Å². The van der Waals surface area contributed by atoms with Gasteiger partial charge in [0.05, 0.1) is 45.7 Å². The Labute approximate surface area is 181 Å². The fourth-order valence-corrected chi connectivity index (χ4v) is 3.26. The lowest BCUT2D eigenvalue weighted by atomic mass is 9.95. The van der Waals surface area contributed by atoms with Gasteiger partial charge in [0, 0.05) is 5.71 Å². The summed E-state index contributed by atoms with van der Waals surface area (Å²) in [7, 11) is 4.48. The summed E-state index contributed by atoms with van der Waals surface area (Å²) in [6.45, 7) is 2.15. The zero-order chi connectivity index (χ0) is 22.4. The van der Waals surface area contributed by atoms with Crippen LogP contribution < -0.4 is 14.5 Å². The van der Waals surface area contributed by atoms with Crippen LogP contribution in [0.1, 0.15) is 18.9 Å². The number of aliphatic imine (C=N–C) groups is 1. The maximum absolute atomic E-state index is 13.2. The van der Waals surface area contributed by atoms with Crippen LogP contribution in [-0.4, -0.2) is 44.6 Å². The Hall–Kier alpha value is -3.68. The first-order valence-electron chi connectivity index (χ1n) is 9.73. The predicted octanol–water partition coefficient (Wildman–Crippen LogP) is 3.25. The highest BCUT2D eigenvalue weighted by molar-refractivity contribution is 6.30. The molecule has 0 aromatic heterocycles. The second-order valence-corrected chi connectivity index (χ2v) is 6.93. The number of nitrogens with zero attached hydrogens (tertiary/aromatic N) is 3. The lowest BCUT2D eigenvalue weighted by molar-refractivity contribution is -0.139. The van der Waals surface area contributed by atoms with Crippen LogP contribution in [0, 0.1) is 5.92 Å². The van der Waals surface area contributed by atoms with Crippen LogP contribution in [0.15, 0.2) is 58.6 Å². The maximum Gasteiger partial charge on any atom is 0.311 e. The average molecular weight is 423 g/mol. The van der Waals surface area contributed by atoms with Crippen LogP contribution in [-0.2, 0) is 20.9 Å². The van der Waals surface area contributed by atoms with Gasteiger partial charge in [0.2, 0.25) is 0 Å². The summed E-state index contributed by atoms with van der Waals surface area (Å²) in [4.78, 5) is 29.7. The molecule has 1 atom stereocenters. The fraction of sp³-hybridized carbons (Fsp3) is 0.304. The van der Waals surface area contributed by atoms with Crippen LogP contribution in [0.4, 0.5) is 5.69 Å². The van der Waals surface area contributed by atoms with Crippen molar-refractivity contribution in [2.75, 3.05) is 26.3 Å². The number of anilines is 1. The summed E-state index contributed by atoms with van der Waals surface area (Å²) in [5.41, 5.74) is 2.50. The number of esters is 1. The third-order valence-corrected chi connectivity index (χ3v) is 4.95. The Bertz CT molecular complexity index is 1010. The standard InChI is InChI=1S/C23H25N3O5/c1-15(24-14-16-6-5-7-19(12-16)30-3)22-20(13-21(27)31-4)25-26(23(22)28)17-8-10-18(29-2)11-9-17/h5-12,22H,13-14H2,1-4H3. The molecule has 31 heavy (non-hydrogen) atoms. The van der Waals surface area contributed by atoms with Crippen LogP contribution in [0.3, 0.4) is 0 Å². The molecule has 1 heterocycles. The third kappa shape index (κ3) is 5.09. The van der Waals surface area contributed by atoms with Crippen molar-refractivity contribution in [1.82, 2.24) is 0 Å². The summed E-state index contributed by atoms with van der Waals surface area (Å²) < 4.78 is 15.2. The van der Waals surface area contributed by atoms with E-state index in [0.717, 1.165) is 11.3 Å². The van der Waals surface area contributed by atoms with Gasteiger partial charge in [0.1, 0.15) is 17.4 Å². The molecule has 1 aliphatic heterocycles. The molecule has 0 bridgehead atoms. The van der Waals surface area contributed by atoms with E-state index < -0.39 is 11.9 Å². The van der Waals surface area contributed by atoms with Gasteiger partial charge in [-0.1, -0.05) is 12.1 Å². The van der Waals surface area contributed by atoms with E-state index >= 15 is 0 Å². The van der Waals surface area contributed by atoms with Crippen LogP contribution >= 0.6 is 0 Å². The van der Waals surface area contributed by atoms with E-state index in [-0.39, 0.29) is 12.3 Å². The number of amides is 1. The van der Waals surface area contributed by atoms with Crippen molar-refractivity contribution in [3.63, 3.8) is 0 Å². The third-order valence-electron chi connectivity index (χ3n) is 4.95. The zero-order valence-electron chi connectivity index (χ0n) is 18.0. The number of carbonyl (C=O) groups excluding carboxylic acids is 2. The van der Waals surface area contributed by atoms with Crippen molar-refractivity contribution in [3.05, 3.63) is 54.1 Å². The lowest BCUT2D eigenvalue weighted by Crippen LogP contribution is -2.33. The summed E-state index contributed by atoms with van der Waals surface area (Å²) >= 11 is 0. The highest BCUT2D eigenvalue weighted by Gasteiger charge is 2.39. The first-order chi connectivity index (χ1) is 15.0. The number of benzene rings is 2. The normalized spacial score (nSPS) is 16.2. The number of ether oxygens (including phenoxy) is 3. The Kier molecular flexibility index (Phi) is 7.02. The predicted molar refractivity (Wildman–Crippen MR) is 118 cm³/mol. The summed E-state index contributed by atoms with van der Waals surface area (Å²) in [6, 6.07) is 14.5. The van der Waals surface area contributed by atoms with Crippen molar-refractivity contribution in [2.45, 2.75) is 19.9 Å². The molecule has 1 unspecified atom stereocenters. The summed E-state index contributed by atoms with van der Waals surface area (Å²) in [5.74, 6) is -0.0563. The molecule has 0 spiro atoms. The Morgan fingerprint density at radius 3 is 2.42 bits per heavy atom. The Balaban J connectivity index is 1.87. The van der Waals surface area contributed by atoms with E-state index in [0.29, 0.717) is 29.4 Å². The molecule has 2 aromatic carbocycles. The van der Waals surface area contributed by atoms with Crippen molar-refractivity contribution in [2.24, 2.45) is 16.0 Å². The van der Waals surface area contributed by atoms with Gasteiger partial charge in [-0.15, -0.1) is 0 Å². The summed E-state index contributed by atoms with van der Waals surface area (Å²) in [6.07, 6.45) is -0.0917. The molecule has 1 aliphatic rings. The molecule has 0 fully saturated rings. The van der Waals surface area contributed by atoms with Gasteiger partial charge in [-0.3, -0.25) is 14.6 Å². The number of rotatable bonds is 8. The van der Waals surface area contributed by atoms with Crippen molar-refractivity contribution < 1.29 is 23.8 Å². The smallest absolute Gasteiger partial charge is 0.311 e. The summed E-state index contributed by atoms with van der Waals surface area (Å²) in [5, 5.41) is 5.72. The number of hydrogen-bond donors (Lipinski definition) is 0. The Morgan fingerprint density at radius 2 is 1.77 bits per heavy atom. The molecule has 0 aliphatic carbocycles. The second kappa shape index (κ2) is 9.88. The van der Waals surface area contributed by atoms with Gasteiger partial charge in [0.15, 0.2) is 0 Å². The van der Waals surface area contributed by atoms with Crippen LogP contribution in [0.25, 0.3) is 0 Å². The van der Waals surface area contributed by atoms with Gasteiger partial charge >= 0.3 is 5.97 Å². The van der Waals surface area contributed by atoms with E-state index in [1.165, 1.54) is 12.1 Å². The molecular weight excluding hydrogens is 398 g/mol. The molecular formula is C23H25N3O5. The van der Waals surface area contributed by atoms with Gasteiger partial charge < -0.3 is 14.2 Å². The quantitative estimate of drug-likeness (QED) is 0.480. The minimum atomic E-state index is -0.730. The van der Waals surface area contributed by atoms with E-state index in [2.05, 4.69) is 10.1 Å². The molecule has 0 N–H and O–H groups in total. The van der Waals surface area contributed by atoms with Crippen LogP contribution in [0.2, 0.25) is 0 Å². The van der Waals surface area contributed by atoms with E-state index in [9.17, 15) is 9.59 Å². The van der Waals surface area contributed by atoms with E-state index in [1.54, 1.807) is 45.4 Å². The first-order valence-corrected chi connectivity index (χ1v) is 9.73. The fourth-order valence-electron chi connectivity index (χ4n) is 3.26. The zero-order valence-corrected chi connectivity index (χ0v) is 18.0. The molecule has 162 valence electrons. The molecule has 1 amide bonds. The molecule has 8 nitrogen and oxygen atoms in total. The molecule has 0 radical (unpaired) electrons. The number of hydrogen-bond acceptors (Lipinski definition) is 7. The number of methoxy groups -OCH3 is 3. The van der Waals surface area contributed by atoms with E-state index in [4.69, 9.17) is 14.2 Å². The molecule has 0 saturated carbocycles. The SMILES string of the molecule is COC(=O)CC1=NN(c2ccc(OC)cc2)C(=O)C1C(C)=NCc1cccc(OC)c1. The molecule has 8 heteroatoms. The number of carbonyl (C=O) groups is 2.